The first kappa shape index (κ1) is 22.4. The summed E-state index contributed by atoms with van der Waals surface area (Å²) in [4.78, 5) is 31.4. The standard InChI is InChI=1S/C25H25ClFN5O3/c1-12-4-14(26)6-15(22(12)35-18-8-28-7-16(18)27)21-17-5-13(10-32(17)30-11-29-21)9-31-23(33)19-20(24(31)34)25(19,2)3/h4-6,10-11,16,18-20,28H,7-9H2,1-3H3/t16-,18?,19?,20?/m0/s1. The molecule has 1 aliphatic carbocycles. The fourth-order valence-corrected chi connectivity index (χ4v) is 5.84. The average molecular weight is 498 g/mol. The first-order chi connectivity index (χ1) is 16.7. The predicted molar refractivity (Wildman–Crippen MR) is 127 cm³/mol. The lowest BCUT2D eigenvalue weighted by Gasteiger charge is -2.20. The Morgan fingerprint density at radius 1 is 1.20 bits per heavy atom. The molecule has 1 aromatic carbocycles. The number of likely N-dealkylation sites (tertiary alicyclic amines) is 1. The minimum atomic E-state index is -1.12. The monoisotopic (exact) mass is 497 g/mol. The van der Waals surface area contributed by atoms with Gasteiger partial charge in [-0.1, -0.05) is 25.4 Å². The highest BCUT2D eigenvalue weighted by molar-refractivity contribution is 6.31. The lowest BCUT2D eigenvalue weighted by molar-refractivity contribution is -0.143. The van der Waals surface area contributed by atoms with Gasteiger partial charge in [0.2, 0.25) is 11.8 Å². The van der Waals surface area contributed by atoms with E-state index in [1.807, 2.05) is 26.8 Å². The van der Waals surface area contributed by atoms with Gasteiger partial charge in [0.05, 0.1) is 23.9 Å². The Labute approximate surface area is 206 Å². The number of carbonyl (C=O) groups is 2. The highest BCUT2D eigenvalue weighted by atomic mass is 35.5. The maximum Gasteiger partial charge on any atom is 0.233 e. The van der Waals surface area contributed by atoms with Crippen LogP contribution >= 0.6 is 11.6 Å². The number of nitrogens with one attached hydrogen (secondary N) is 1. The molecule has 1 N–H and O–H groups in total. The van der Waals surface area contributed by atoms with Crippen molar-refractivity contribution >= 4 is 28.9 Å². The van der Waals surface area contributed by atoms with Crippen LogP contribution in [-0.4, -0.2) is 56.7 Å². The Hall–Kier alpha value is -3.04. The molecule has 6 rings (SSSR count). The van der Waals surface area contributed by atoms with Crippen LogP contribution in [0.15, 0.2) is 30.7 Å². The zero-order chi connectivity index (χ0) is 24.6. The molecule has 3 aromatic rings. The second-order valence-corrected chi connectivity index (χ2v) is 10.7. The topological polar surface area (TPSA) is 88.8 Å². The normalized spacial score (nSPS) is 27.1. The number of hydrogen-bond donors (Lipinski definition) is 1. The number of piperidine rings is 1. The van der Waals surface area contributed by atoms with Crippen molar-refractivity contribution < 1.29 is 18.7 Å². The first-order valence-corrected chi connectivity index (χ1v) is 12.0. The number of imide groups is 1. The summed E-state index contributed by atoms with van der Waals surface area (Å²) in [6.45, 7) is 6.62. The summed E-state index contributed by atoms with van der Waals surface area (Å²) in [5.74, 6) is -0.152. The van der Waals surface area contributed by atoms with Gasteiger partial charge in [-0.25, -0.2) is 13.9 Å². The maximum absolute atomic E-state index is 14.3. The van der Waals surface area contributed by atoms with Crippen LogP contribution in [0.4, 0.5) is 4.39 Å². The summed E-state index contributed by atoms with van der Waals surface area (Å²) in [6.07, 6.45) is 1.48. The van der Waals surface area contributed by atoms with E-state index in [0.29, 0.717) is 34.1 Å². The van der Waals surface area contributed by atoms with E-state index < -0.39 is 12.3 Å². The van der Waals surface area contributed by atoms with E-state index in [4.69, 9.17) is 16.3 Å². The van der Waals surface area contributed by atoms with Gasteiger partial charge in [0.25, 0.3) is 0 Å². The number of aryl methyl sites for hydroxylation is 1. The second kappa shape index (κ2) is 7.73. The Kier molecular flexibility index (Phi) is 4.95. The van der Waals surface area contributed by atoms with Crippen molar-refractivity contribution in [1.29, 1.82) is 0 Å². The summed E-state index contributed by atoms with van der Waals surface area (Å²) in [6, 6.07) is 5.38. The number of aromatic nitrogens is 3. The van der Waals surface area contributed by atoms with E-state index in [1.165, 1.54) is 11.2 Å². The van der Waals surface area contributed by atoms with Crippen molar-refractivity contribution in [1.82, 2.24) is 24.8 Å². The van der Waals surface area contributed by atoms with Gasteiger partial charge in [-0.3, -0.25) is 14.5 Å². The number of halogens is 2. The van der Waals surface area contributed by atoms with Gasteiger partial charge in [-0.2, -0.15) is 5.10 Å². The van der Waals surface area contributed by atoms with Gasteiger partial charge in [-0.15, -0.1) is 0 Å². The first-order valence-electron chi connectivity index (χ1n) is 11.7. The third kappa shape index (κ3) is 3.43. The Bertz CT molecular complexity index is 1360. The van der Waals surface area contributed by atoms with Gasteiger partial charge < -0.3 is 10.1 Å². The zero-order valence-corrected chi connectivity index (χ0v) is 20.3. The van der Waals surface area contributed by atoms with Crippen molar-refractivity contribution in [2.24, 2.45) is 17.3 Å². The van der Waals surface area contributed by atoms with E-state index >= 15 is 0 Å². The highest BCUT2D eigenvalue weighted by Gasteiger charge is 2.72. The predicted octanol–water partition coefficient (Wildman–Crippen LogP) is 3.19. The SMILES string of the molecule is Cc1cc(Cl)cc(-c2ncnn3cc(CN4C(=O)C5C(C4=O)C5(C)C)cc23)c1OC1CNC[C@@H]1F. The van der Waals surface area contributed by atoms with Crippen molar-refractivity contribution in [3.05, 3.63) is 46.9 Å². The molecule has 8 nitrogen and oxygen atoms in total. The number of amides is 2. The smallest absolute Gasteiger partial charge is 0.233 e. The Morgan fingerprint density at radius 2 is 1.94 bits per heavy atom. The number of ether oxygens (including phenoxy) is 1. The van der Waals surface area contributed by atoms with Crippen molar-refractivity contribution in [2.75, 3.05) is 13.1 Å². The molecule has 35 heavy (non-hydrogen) atoms. The third-order valence-electron chi connectivity index (χ3n) is 7.55. The van der Waals surface area contributed by atoms with E-state index in [0.717, 1.165) is 11.1 Å². The van der Waals surface area contributed by atoms with Gasteiger partial charge in [-0.05, 0) is 41.7 Å². The number of hydrogen-bond acceptors (Lipinski definition) is 6. The molecule has 0 bridgehead atoms. The highest BCUT2D eigenvalue weighted by Crippen LogP contribution is 2.63. The van der Waals surface area contributed by atoms with Gasteiger partial charge in [0.1, 0.15) is 23.9 Å². The number of carbonyl (C=O) groups excluding carboxylic acids is 2. The summed E-state index contributed by atoms with van der Waals surface area (Å²) in [5.41, 5.74) is 3.14. The fraction of sp³-hybridized carbons (Fsp3) is 0.440. The van der Waals surface area contributed by atoms with Crippen molar-refractivity contribution in [3.8, 4) is 17.0 Å². The van der Waals surface area contributed by atoms with Gasteiger partial charge in [0, 0.05) is 29.9 Å². The number of fused-ring (bicyclic) bond motifs is 2. The largest absolute Gasteiger partial charge is 0.485 e. The minimum Gasteiger partial charge on any atom is -0.485 e. The van der Waals surface area contributed by atoms with Crippen LogP contribution in [0.3, 0.4) is 0 Å². The van der Waals surface area contributed by atoms with Crippen molar-refractivity contribution in [2.45, 2.75) is 39.6 Å². The summed E-state index contributed by atoms with van der Waals surface area (Å²) in [5, 5.41) is 7.82. The maximum atomic E-state index is 14.3. The molecule has 2 aromatic heterocycles. The second-order valence-electron chi connectivity index (χ2n) is 10.3. The molecule has 182 valence electrons. The molecule has 0 radical (unpaired) electrons. The lowest BCUT2D eigenvalue weighted by Crippen LogP contribution is -2.35. The third-order valence-corrected chi connectivity index (χ3v) is 7.76. The average Bonchev–Trinajstić information content (AvgIpc) is 3.16. The Morgan fingerprint density at radius 3 is 2.63 bits per heavy atom. The number of nitrogens with zero attached hydrogens (tertiary/aromatic N) is 4. The van der Waals surface area contributed by atoms with E-state index in [9.17, 15) is 14.0 Å². The molecule has 2 aliphatic heterocycles. The molecule has 0 spiro atoms. The van der Waals surface area contributed by atoms with E-state index in [-0.39, 0.29) is 42.2 Å². The summed E-state index contributed by atoms with van der Waals surface area (Å²) < 4.78 is 22.1. The Balaban J connectivity index is 1.36. The molecular formula is C25H25ClFN5O3. The summed E-state index contributed by atoms with van der Waals surface area (Å²) >= 11 is 6.39. The van der Waals surface area contributed by atoms with E-state index in [1.54, 1.807) is 22.8 Å². The zero-order valence-electron chi connectivity index (χ0n) is 19.6. The van der Waals surface area contributed by atoms with Crippen LogP contribution in [0, 0.1) is 24.2 Å². The van der Waals surface area contributed by atoms with Crippen LogP contribution in [-0.2, 0) is 16.1 Å². The van der Waals surface area contributed by atoms with Crippen LogP contribution in [0.2, 0.25) is 5.02 Å². The molecule has 3 aliphatic rings. The van der Waals surface area contributed by atoms with Crippen LogP contribution in [0.1, 0.15) is 25.0 Å². The quantitative estimate of drug-likeness (QED) is 0.545. The summed E-state index contributed by atoms with van der Waals surface area (Å²) in [7, 11) is 0. The van der Waals surface area contributed by atoms with Crippen LogP contribution < -0.4 is 10.1 Å². The lowest BCUT2D eigenvalue weighted by atomic mass is 10.0. The van der Waals surface area contributed by atoms with Crippen LogP contribution in [0.5, 0.6) is 5.75 Å². The van der Waals surface area contributed by atoms with Gasteiger partial charge in [0.15, 0.2) is 6.17 Å². The number of rotatable bonds is 5. The number of benzene rings is 1. The van der Waals surface area contributed by atoms with Gasteiger partial charge >= 0.3 is 0 Å². The fourth-order valence-electron chi connectivity index (χ4n) is 5.57. The van der Waals surface area contributed by atoms with Crippen molar-refractivity contribution in [3.63, 3.8) is 0 Å². The molecular weight excluding hydrogens is 473 g/mol. The molecule has 10 heteroatoms. The molecule has 2 amide bonds. The number of alkyl halides is 1. The molecule has 4 heterocycles. The molecule has 1 saturated carbocycles. The van der Waals surface area contributed by atoms with E-state index in [2.05, 4.69) is 15.4 Å². The molecule has 3 unspecified atom stereocenters. The molecule has 2 saturated heterocycles. The molecule has 4 atom stereocenters. The molecule has 3 fully saturated rings. The van der Waals surface area contributed by atoms with Crippen LogP contribution in [0.25, 0.3) is 16.8 Å². The minimum absolute atomic E-state index is 0.112.